The fraction of sp³-hybridized carbons (Fsp3) is 0.227. The van der Waals surface area contributed by atoms with Gasteiger partial charge in [0.05, 0.1) is 6.20 Å². The summed E-state index contributed by atoms with van der Waals surface area (Å²) in [6.07, 6.45) is -2.64. The minimum atomic E-state index is -5.08. The van der Waals surface area contributed by atoms with Gasteiger partial charge in [-0.1, -0.05) is 23.4 Å². The molecule has 3 rings (SSSR count). The first-order valence-electron chi connectivity index (χ1n) is 9.72. The summed E-state index contributed by atoms with van der Waals surface area (Å²) in [6, 6.07) is 15.8. The summed E-state index contributed by atoms with van der Waals surface area (Å²) < 4.78 is 50.0. The highest BCUT2D eigenvalue weighted by Gasteiger charge is 2.38. The van der Waals surface area contributed by atoms with E-state index in [0.717, 1.165) is 16.8 Å². The molecule has 3 aromatic rings. The summed E-state index contributed by atoms with van der Waals surface area (Å²) in [5.74, 6) is -2.53. The van der Waals surface area contributed by atoms with Crippen LogP contribution in [0.3, 0.4) is 0 Å². The van der Waals surface area contributed by atoms with Gasteiger partial charge in [-0.25, -0.2) is 9.18 Å². The molecule has 1 heterocycles. The molecule has 0 saturated carbocycles. The van der Waals surface area contributed by atoms with Crippen molar-refractivity contribution in [1.29, 1.82) is 0 Å². The van der Waals surface area contributed by atoms with Crippen molar-refractivity contribution in [2.24, 2.45) is 0 Å². The number of carboxylic acid groups (broad SMARTS) is 1. The number of para-hydroxylation sites is 1. The fourth-order valence-corrected chi connectivity index (χ4v) is 2.58. The lowest BCUT2D eigenvalue weighted by molar-refractivity contribution is -0.192. The summed E-state index contributed by atoms with van der Waals surface area (Å²) in [5, 5.41) is 17.0. The Kier molecular flexibility index (Phi) is 9.40. The summed E-state index contributed by atoms with van der Waals surface area (Å²) in [4.78, 5) is 20.9. The number of aromatic nitrogens is 1. The van der Waals surface area contributed by atoms with Crippen molar-refractivity contribution in [2.75, 3.05) is 18.4 Å². The van der Waals surface area contributed by atoms with Crippen LogP contribution in [-0.2, 0) is 16.0 Å². The maximum atomic E-state index is 13.0. The molecular weight excluding hydrogens is 446 g/mol. The van der Waals surface area contributed by atoms with E-state index in [4.69, 9.17) is 14.4 Å². The Morgan fingerprint density at radius 1 is 1.00 bits per heavy atom. The number of nitrogens with zero attached hydrogens (tertiary/aromatic N) is 1. The van der Waals surface area contributed by atoms with Crippen molar-refractivity contribution in [3.05, 3.63) is 72.2 Å². The Bertz CT molecular complexity index is 1020. The van der Waals surface area contributed by atoms with Crippen LogP contribution in [0.15, 0.2) is 65.3 Å². The molecular formula is C22H21F4N3O4. The number of alkyl halides is 3. The normalized spacial score (nSPS) is 10.7. The van der Waals surface area contributed by atoms with Gasteiger partial charge < -0.3 is 20.3 Å². The standard InChI is InChI=1S/C20H20FN3O2.C2HF3O2/c21-17-9-6-15(7-10-17)20-16(14-24-26-20)8-11-19(25)23-13-12-22-18-4-2-1-3-5-18;3-2(4,5)1(6)7/h1-7,9-10,14,22H,8,11-13H2,(H,23,25);(H,6,7). The molecule has 0 radical (unpaired) electrons. The number of anilines is 1. The molecule has 11 heteroatoms. The van der Waals surface area contributed by atoms with Gasteiger partial charge in [-0.3, -0.25) is 4.79 Å². The van der Waals surface area contributed by atoms with Gasteiger partial charge in [0.1, 0.15) is 5.82 Å². The Balaban J connectivity index is 0.000000479. The molecule has 0 aliphatic heterocycles. The van der Waals surface area contributed by atoms with Crippen LogP contribution in [0.5, 0.6) is 0 Å². The summed E-state index contributed by atoms with van der Waals surface area (Å²) >= 11 is 0. The van der Waals surface area contributed by atoms with Crippen molar-refractivity contribution in [2.45, 2.75) is 19.0 Å². The van der Waals surface area contributed by atoms with Gasteiger partial charge >= 0.3 is 12.1 Å². The zero-order valence-corrected chi connectivity index (χ0v) is 17.2. The van der Waals surface area contributed by atoms with Crippen molar-refractivity contribution in [1.82, 2.24) is 10.5 Å². The summed E-state index contributed by atoms with van der Waals surface area (Å²) in [6.45, 7) is 1.20. The third-order valence-electron chi connectivity index (χ3n) is 4.16. The lowest BCUT2D eigenvalue weighted by Crippen LogP contribution is -2.28. The minimum Gasteiger partial charge on any atom is -0.475 e. The number of carbonyl (C=O) groups is 2. The summed E-state index contributed by atoms with van der Waals surface area (Å²) in [5.41, 5.74) is 2.59. The lowest BCUT2D eigenvalue weighted by Gasteiger charge is -2.08. The number of aliphatic carboxylic acids is 1. The Morgan fingerprint density at radius 3 is 2.24 bits per heavy atom. The smallest absolute Gasteiger partial charge is 0.475 e. The van der Waals surface area contributed by atoms with Gasteiger partial charge in [-0.05, 0) is 42.8 Å². The maximum absolute atomic E-state index is 13.0. The van der Waals surface area contributed by atoms with Gasteiger partial charge in [0, 0.05) is 36.3 Å². The van der Waals surface area contributed by atoms with E-state index >= 15 is 0 Å². The molecule has 0 spiro atoms. The number of carboxylic acids is 1. The molecule has 0 atom stereocenters. The number of nitrogens with one attached hydrogen (secondary N) is 2. The van der Waals surface area contributed by atoms with Crippen LogP contribution < -0.4 is 10.6 Å². The largest absolute Gasteiger partial charge is 0.490 e. The number of halogens is 4. The van der Waals surface area contributed by atoms with Crippen LogP contribution in [0.4, 0.5) is 23.2 Å². The first-order chi connectivity index (χ1) is 15.7. The summed E-state index contributed by atoms with van der Waals surface area (Å²) in [7, 11) is 0. The number of carbonyl (C=O) groups excluding carboxylic acids is 1. The molecule has 1 aromatic heterocycles. The zero-order chi connectivity index (χ0) is 24.3. The third-order valence-corrected chi connectivity index (χ3v) is 4.16. The molecule has 0 aliphatic rings. The highest BCUT2D eigenvalue weighted by Crippen LogP contribution is 2.24. The van der Waals surface area contributed by atoms with E-state index < -0.39 is 12.1 Å². The first-order valence-corrected chi connectivity index (χ1v) is 9.72. The van der Waals surface area contributed by atoms with Crippen LogP contribution in [0, 0.1) is 5.82 Å². The van der Waals surface area contributed by atoms with E-state index in [1.54, 1.807) is 18.3 Å². The van der Waals surface area contributed by atoms with Crippen LogP contribution in [0.25, 0.3) is 11.3 Å². The lowest BCUT2D eigenvalue weighted by atomic mass is 10.1. The molecule has 0 bridgehead atoms. The van der Waals surface area contributed by atoms with Crippen molar-refractivity contribution >= 4 is 17.6 Å². The molecule has 2 aromatic carbocycles. The second kappa shape index (κ2) is 12.2. The van der Waals surface area contributed by atoms with E-state index in [0.29, 0.717) is 31.7 Å². The van der Waals surface area contributed by atoms with E-state index in [1.165, 1.54) is 12.1 Å². The molecule has 7 nitrogen and oxygen atoms in total. The third kappa shape index (κ3) is 9.01. The monoisotopic (exact) mass is 467 g/mol. The van der Waals surface area contributed by atoms with E-state index in [-0.39, 0.29) is 11.7 Å². The number of hydrogen-bond acceptors (Lipinski definition) is 5. The van der Waals surface area contributed by atoms with Crippen LogP contribution >= 0.6 is 0 Å². The number of rotatable bonds is 8. The molecule has 0 aliphatic carbocycles. The number of amides is 1. The maximum Gasteiger partial charge on any atom is 0.490 e. The Hall–Kier alpha value is -3.89. The van der Waals surface area contributed by atoms with E-state index in [9.17, 15) is 22.4 Å². The Labute approximate surface area is 186 Å². The van der Waals surface area contributed by atoms with Crippen LogP contribution in [-0.4, -0.2) is 41.4 Å². The molecule has 33 heavy (non-hydrogen) atoms. The van der Waals surface area contributed by atoms with Crippen molar-refractivity contribution in [3.63, 3.8) is 0 Å². The van der Waals surface area contributed by atoms with Crippen LogP contribution in [0.2, 0.25) is 0 Å². The van der Waals surface area contributed by atoms with Gasteiger partial charge in [-0.15, -0.1) is 0 Å². The topological polar surface area (TPSA) is 104 Å². The van der Waals surface area contributed by atoms with E-state index in [2.05, 4.69) is 15.8 Å². The zero-order valence-electron chi connectivity index (χ0n) is 17.2. The average Bonchev–Trinajstić information content (AvgIpc) is 3.25. The Morgan fingerprint density at radius 2 is 1.64 bits per heavy atom. The molecule has 176 valence electrons. The second-order valence-electron chi connectivity index (χ2n) is 6.63. The highest BCUT2D eigenvalue weighted by atomic mass is 19.4. The van der Waals surface area contributed by atoms with Gasteiger partial charge in [-0.2, -0.15) is 13.2 Å². The van der Waals surface area contributed by atoms with Crippen LogP contribution in [0.1, 0.15) is 12.0 Å². The number of benzene rings is 2. The quantitative estimate of drug-likeness (QED) is 0.338. The molecule has 0 unspecified atom stereocenters. The van der Waals surface area contributed by atoms with Gasteiger partial charge in [0.15, 0.2) is 5.76 Å². The average molecular weight is 467 g/mol. The second-order valence-corrected chi connectivity index (χ2v) is 6.63. The van der Waals surface area contributed by atoms with Gasteiger partial charge in [0.2, 0.25) is 5.91 Å². The molecule has 0 fully saturated rings. The number of hydrogen-bond donors (Lipinski definition) is 3. The molecule has 0 saturated heterocycles. The number of aryl methyl sites for hydroxylation is 1. The van der Waals surface area contributed by atoms with Gasteiger partial charge in [0.25, 0.3) is 0 Å². The molecule has 3 N–H and O–H groups in total. The van der Waals surface area contributed by atoms with E-state index in [1.807, 2.05) is 30.3 Å². The van der Waals surface area contributed by atoms with Crippen molar-refractivity contribution < 1.29 is 36.8 Å². The van der Waals surface area contributed by atoms with Crippen molar-refractivity contribution in [3.8, 4) is 11.3 Å². The SMILES string of the molecule is O=C(CCc1cnoc1-c1ccc(F)cc1)NCCNc1ccccc1.O=C(O)C(F)(F)F. The fourth-order valence-electron chi connectivity index (χ4n) is 2.58. The predicted octanol–water partition coefficient (Wildman–Crippen LogP) is 4.27. The minimum absolute atomic E-state index is 0.0360. The predicted molar refractivity (Wildman–Crippen MR) is 112 cm³/mol. The molecule has 1 amide bonds. The highest BCUT2D eigenvalue weighted by molar-refractivity contribution is 5.76. The first kappa shape index (κ1) is 25.4.